The molecule has 1 amide bonds. The minimum absolute atomic E-state index is 0.0125. The van der Waals surface area contributed by atoms with Crippen molar-refractivity contribution in [1.29, 1.82) is 0 Å². The van der Waals surface area contributed by atoms with Crippen molar-refractivity contribution in [2.75, 3.05) is 14.2 Å². The SMILES string of the molecule is COc1ccc(C(=O)NC2CC(OC)C2(C)C)c(F)c1. The van der Waals surface area contributed by atoms with Gasteiger partial charge in [-0.25, -0.2) is 4.39 Å². The summed E-state index contributed by atoms with van der Waals surface area (Å²) in [6, 6.07) is 4.20. The Morgan fingerprint density at radius 2 is 2.10 bits per heavy atom. The number of amides is 1. The van der Waals surface area contributed by atoms with Crippen molar-refractivity contribution >= 4 is 5.91 Å². The van der Waals surface area contributed by atoms with Gasteiger partial charge in [-0.3, -0.25) is 4.79 Å². The maximum atomic E-state index is 13.8. The highest BCUT2D eigenvalue weighted by Gasteiger charge is 2.49. The highest BCUT2D eigenvalue weighted by atomic mass is 19.1. The van der Waals surface area contributed by atoms with Crippen molar-refractivity contribution in [3.63, 3.8) is 0 Å². The fourth-order valence-electron chi connectivity index (χ4n) is 2.57. The van der Waals surface area contributed by atoms with Gasteiger partial charge in [-0.2, -0.15) is 0 Å². The molecule has 0 radical (unpaired) electrons. The molecule has 1 aliphatic carbocycles. The topological polar surface area (TPSA) is 47.6 Å². The van der Waals surface area contributed by atoms with Crippen molar-refractivity contribution in [2.24, 2.45) is 5.41 Å². The van der Waals surface area contributed by atoms with E-state index < -0.39 is 11.7 Å². The Morgan fingerprint density at radius 1 is 1.40 bits per heavy atom. The Balaban J connectivity index is 2.07. The summed E-state index contributed by atoms with van der Waals surface area (Å²) in [6.45, 7) is 4.06. The van der Waals surface area contributed by atoms with Crippen molar-refractivity contribution in [3.05, 3.63) is 29.6 Å². The van der Waals surface area contributed by atoms with Crippen LogP contribution in [-0.4, -0.2) is 32.3 Å². The van der Waals surface area contributed by atoms with Gasteiger partial charge in [0.25, 0.3) is 5.91 Å². The highest BCUT2D eigenvalue weighted by Crippen LogP contribution is 2.42. The molecular weight excluding hydrogens is 261 g/mol. The third-order valence-corrected chi connectivity index (χ3v) is 4.19. The molecule has 1 aromatic carbocycles. The summed E-state index contributed by atoms with van der Waals surface area (Å²) in [7, 11) is 3.11. The first-order valence-electron chi connectivity index (χ1n) is 6.57. The summed E-state index contributed by atoms with van der Waals surface area (Å²) >= 11 is 0. The van der Waals surface area contributed by atoms with Gasteiger partial charge in [0, 0.05) is 24.6 Å². The summed E-state index contributed by atoms with van der Waals surface area (Å²) in [5.74, 6) is -0.595. The molecule has 1 aromatic rings. The maximum Gasteiger partial charge on any atom is 0.254 e. The van der Waals surface area contributed by atoms with Gasteiger partial charge in [0.1, 0.15) is 11.6 Å². The molecule has 2 rings (SSSR count). The van der Waals surface area contributed by atoms with E-state index in [1.165, 1.54) is 19.2 Å². The number of halogens is 1. The fraction of sp³-hybridized carbons (Fsp3) is 0.533. The summed E-state index contributed by atoms with van der Waals surface area (Å²) < 4.78 is 24.1. The molecular formula is C15H20FNO3. The molecule has 1 saturated carbocycles. The number of carbonyl (C=O) groups is 1. The Morgan fingerprint density at radius 3 is 2.60 bits per heavy atom. The molecule has 5 heteroatoms. The van der Waals surface area contributed by atoms with Crippen molar-refractivity contribution in [1.82, 2.24) is 5.32 Å². The lowest BCUT2D eigenvalue weighted by Crippen LogP contribution is -2.61. The zero-order valence-corrected chi connectivity index (χ0v) is 12.2. The second kappa shape index (κ2) is 5.40. The predicted octanol–water partition coefficient (Wildman–Crippen LogP) is 2.38. The van der Waals surface area contributed by atoms with E-state index in [4.69, 9.17) is 9.47 Å². The average Bonchev–Trinajstić information content (AvgIpc) is 2.42. The molecule has 0 spiro atoms. The number of hydrogen-bond acceptors (Lipinski definition) is 3. The van der Waals surface area contributed by atoms with E-state index >= 15 is 0 Å². The second-order valence-electron chi connectivity index (χ2n) is 5.65. The Labute approximate surface area is 118 Å². The third kappa shape index (κ3) is 2.50. The van der Waals surface area contributed by atoms with Gasteiger partial charge in [0.05, 0.1) is 18.8 Å². The first-order chi connectivity index (χ1) is 9.40. The number of methoxy groups -OCH3 is 2. The van der Waals surface area contributed by atoms with Crippen LogP contribution in [0.1, 0.15) is 30.6 Å². The predicted molar refractivity (Wildman–Crippen MR) is 73.4 cm³/mol. The number of ether oxygens (including phenoxy) is 2. The third-order valence-electron chi connectivity index (χ3n) is 4.19. The van der Waals surface area contributed by atoms with Crippen LogP contribution in [-0.2, 0) is 4.74 Å². The first kappa shape index (κ1) is 14.8. The second-order valence-corrected chi connectivity index (χ2v) is 5.65. The first-order valence-corrected chi connectivity index (χ1v) is 6.57. The Kier molecular flexibility index (Phi) is 3.99. The molecule has 0 aromatic heterocycles. The van der Waals surface area contributed by atoms with Crippen LogP contribution in [0.4, 0.5) is 4.39 Å². The number of rotatable bonds is 4. The van der Waals surface area contributed by atoms with Crippen LogP contribution in [0.3, 0.4) is 0 Å². The Hall–Kier alpha value is -1.62. The van der Waals surface area contributed by atoms with Crippen LogP contribution >= 0.6 is 0 Å². The monoisotopic (exact) mass is 281 g/mol. The largest absolute Gasteiger partial charge is 0.497 e. The van der Waals surface area contributed by atoms with Crippen LogP contribution in [0.15, 0.2) is 18.2 Å². The van der Waals surface area contributed by atoms with Gasteiger partial charge in [-0.1, -0.05) is 13.8 Å². The summed E-state index contributed by atoms with van der Waals surface area (Å²) in [5.41, 5.74) is -0.115. The number of carbonyl (C=O) groups excluding carboxylic acids is 1. The lowest BCUT2D eigenvalue weighted by Gasteiger charge is -2.51. The number of nitrogens with one attached hydrogen (secondary N) is 1. The Bertz CT molecular complexity index is 516. The van der Waals surface area contributed by atoms with Crippen LogP contribution in [0.5, 0.6) is 5.75 Å². The fourth-order valence-corrected chi connectivity index (χ4v) is 2.57. The average molecular weight is 281 g/mol. The normalized spacial score (nSPS) is 23.9. The molecule has 2 unspecified atom stereocenters. The number of hydrogen-bond donors (Lipinski definition) is 1. The minimum atomic E-state index is -0.581. The van der Waals surface area contributed by atoms with Crippen LogP contribution in [0.2, 0.25) is 0 Å². The van der Waals surface area contributed by atoms with Gasteiger partial charge in [-0.05, 0) is 18.6 Å². The maximum absolute atomic E-state index is 13.8. The lowest BCUT2D eigenvalue weighted by atomic mass is 9.64. The molecule has 0 bridgehead atoms. The van der Waals surface area contributed by atoms with Crippen molar-refractivity contribution in [2.45, 2.75) is 32.4 Å². The van der Waals surface area contributed by atoms with E-state index in [0.29, 0.717) is 5.75 Å². The summed E-state index contributed by atoms with van der Waals surface area (Å²) in [6.07, 6.45) is 0.862. The molecule has 0 heterocycles. The molecule has 1 N–H and O–H groups in total. The van der Waals surface area contributed by atoms with E-state index in [0.717, 1.165) is 6.42 Å². The molecule has 110 valence electrons. The van der Waals surface area contributed by atoms with Gasteiger partial charge >= 0.3 is 0 Å². The summed E-state index contributed by atoms with van der Waals surface area (Å²) in [5, 5.41) is 2.87. The number of benzene rings is 1. The summed E-state index contributed by atoms with van der Waals surface area (Å²) in [4.78, 5) is 12.1. The van der Waals surface area contributed by atoms with E-state index in [9.17, 15) is 9.18 Å². The molecule has 1 aliphatic rings. The smallest absolute Gasteiger partial charge is 0.254 e. The van der Waals surface area contributed by atoms with E-state index in [-0.39, 0.29) is 23.1 Å². The van der Waals surface area contributed by atoms with E-state index in [2.05, 4.69) is 5.32 Å². The zero-order valence-electron chi connectivity index (χ0n) is 12.2. The molecule has 0 saturated heterocycles. The van der Waals surface area contributed by atoms with Crippen LogP contribution in [0.25, 0.3) is 0 Å². The standard InChI is InChI=1S/C15H20FNO3/c1-15(2)12(8-13(15)20-4)17-14(18)10-6-5-9(19-3)7-11(10)16/h5-7,12-13H,8H2,1-4H3,(H,17,18). The lowest BCUT2D eigenvalue weighted by molar-refractivity contribution is -0.0942. The van der Waals surface area contributed by atoms with Gasteiger partial charge < -0.3 is 14.8 Å². The molecule has 2 atom stereocenters. The van der Waals surface area contributed by atoms with E-state index in [1.54, 1.807) is 13.2 Å². The highest BCUT2D eigenvalue weighted by molar-refractivity contribution is 5.95. The minimum Gasteiger partial charge on any atom is -0.497 e. The molecule has 20 heavy (non-hydrogen) atoms. The van der Waals surface area contributed by atoms with Gasteiger partial charge in [-0.15, -0.1) is 0 Å². The van der Waals surface area contributed by atoms with Gasteiger partial charge in [0.2, 0.25) is 0 Å². The molecule has 0 aliphatic heterocycles. The zero-order chi connectivity index (χ0) is 14.9. The quantitative estimate of drug-likeness (QED) is 0.921. The molecule has 1 fully saturated rings. The van der Waals surface area contributed by atoms with Crippen LogP contribution in [0, 0.1) is 11.2 Å². The molecule has 4 nitrogen and oxygen atoms in total. The van der Waals surface area contributed by atoms with Crippen molar-refractivity contribution in [3.8, 4) is 5.75 Å². The van der Waals surface area contributed by atoms with E-state index in [1.807, 2.05) is 13.8 Å². The van der Waals surface area contributed by atoms with Crippen LogP contribution < -0.4 is 10.1 Å². The van der Waals surface area contributed by atoms with Crippen molar-refractivity contribution < 1.29 is 18.7 Å². The van der Waals surface area contributed by atoms with Gasteiger partial charge in [0.15, 0.2) is 0 Å².